The number of hydrogen-bond acceptors (Lipinski definition) is 6. The fourth-order valence-electron chi connectivity index (χ4n) is 2.96. The molecule has 0 aromatic heterocycles. The largest absolute Gasteiger partial charge is 0.495 e. The molecule has 1 heterocycles. The van der Waals surface area contributed by atoms with E-state index in [1.54, 1.807) is 13.2 Å². The van der Waals surface area contributed by atoms with Crippen LogP contribution in [-0.4, -0.2) is 68.4 Å². The quantitative estimate of drug-likeness (QED) is 0.437. The Kier molecular flexibility index (Phi) is 10.1. The maximum absolute atomic E-state index is 11.7. The molecule has 4 N–H and O–H groups in total. The van der Waals surface area contributed by atoms with Gasteiger partial charge >= 0.3 is 12.1 Å². The van der Waals surface area contributed by atoms with Gasteiger partial charge in [-0.15, -0.1) is 0 Å². The zero-order chi connectivity index (χ0) is 23.6. The van der Waals surface area contributed by atoms with Crippen molar-refractivity contribution < 1.29 is 32.6 Å². The number of likely N-dealkylation sites (N-methyl/N-ethyl adjacent to an activating group) is 1. The van der Waals surface area contributed by atoms with Gasteiger partial charge in [0.25, 0.3) is 0 Å². The number of alkyl halides is 3. The van der Waals surface area contributed by atoms with E-state index in [1.807, 2.05) is 13.1 Å². The Hall–Kier alpha value is -2.95. The normalized spacial score (nSPS) is 14.1. The molecular formula is C20H29F3N4O4. The van der Waals surface area contributed by atoms with E-state index in [0.717, 1.165) is 18.8 Å². The number of aliphatic carboxylic acids is 1. The second kappa shape index (κ2) is 12.0. The van der Waals surface area contributed by atoms with Crippen LogP contribution >= 0.6 is 0 Å². The summed E-state index contributed by atoms with van der Waals surface area (Å²) >= 11 is 0. The second-order valence-corrected chi connectivity index (χ2v) is 6.93. The third-order valence-electron chi connectivity index (χ3n) is 4.65. The summed E-state index contributed by atoms with van der Waals surface area (Å²) in [6.07, 6.45) is 0.0528. The highest BCUT2D eigenvalue weighted by molar-refractivity contribution is 6.02. The summed E-state index contributed by atoms with van der Waals surface area (Å²) in [6.45, 7) is 7.69. The summed E-state index contributed by atoms with van der Waals surface area (Å²) in [5.74, 6) is -2.41. The SMILES string of the molecule is C=CC(=O)Nc1cc(N)c(OC)cc1N(C)CCN1CCCCC1.O=C(O)C(F)(F)F. The first-order valence-corrected chi connectivity index (χ1v) is 9.64. The molecule has 0 bridgehead atoms. The van der Waals surface area contributed by atoms with Crippen LogP contribution in [0.4, 0.5) is 30.2 Å². The molecule has 1 amide bonds. The van der Waals surface area contributed by atoms with Gasteiger partial charge in [-0.25, -0.2) is 4.79 Å². The second-order valence-electron chi connectivity index (χ2n) is 6.93. The minimum Gasteiger partial charge on any atom is -0.495 e. The predicted molar refractivity (Wildman–Crippen MR) is 113 cm³/mol. The van der Waals surface area contributed by atoms with Gasteiger partial charge in [-0.1, -0.05) is 13.0 Å². The zero-order valence-corrected chi connectivity index (χ0v) is 17.7. The Morgan fingerprint density at radius 1 is 1.32 bits per heavy atom. The van der Waals surface area contributed by atoms with E-state index in [4.69, 9.17) is 20.4 Å². The van der Waals surface area contributed by atoms with Crippen molar-refractivity contribution in [1.82, 2.24) is 4.90 Å². The highest BCUT2D eigenvalue weighted by Crippen LogP contribution is 2.35. The third kappa shape index (κ3) is 8.75. The Morgan fingerprint density at radius 3 is 2.39 bits per heavy atom. The maximum Gasteiger partial charge on any atom is 0.490 e. The van der Waals surface area contributed by atoms with E-state index in [2.05, 4.69) is 21.7 Å². The summed E-state index contributed by atoms with van der Waals surface area (Å²) in [4.78, 5) is 25.2. The van der Waals surface area contributed by atoms with Crippen LogP contribution in [0.25, 0.3) is 0 Å². The van der Waals surface area contributed by atoms with Gasteiger partial charge in [0.2, 0.25) is 5.91 Å². The first-order valence-electron chi connectivity index (χ1n) is 9.64. The molecule has 2 rings (SSSR count). The number of anilines is 3. The lowest BCUT2D eigenvalue weighted by atomic mass is 10.1. The van der Waals surface area contributed by atoms with Crippen molar-refractivity contribution >= 4 is 28.9 Å². The number of methoxy groups -OCH3 is 1. The molecule has 0 saturated carbocycles. The van der Waals surface area contributed by atoms with Crippen LogP contribution in [-0.2, 0) is 9.59 Å². The molecule has 0 atom stereocenters. The molecule has 1 saturated heterocycles. The van der Waals surface area contributed by atoms with Gasteiger partial charge < -0.3 is 30.7 Å². The molecule has 174 valence electrons. The molecular weight excluding hydrogens is 417 g/mol. The van der Waals surface area contributed by atoms with Crippen LogP contribution in [0.2, 0.25) is 0 Å². The molecule has 31 heavy (non-hydrogen) atoms. The fraction of sp³-hybridized carbons (Fsp3) is 0.500. The van der Waals surface area contributed by atoms with E-state index in [-0.39, 0.29) is 5.91 Å². The zero-order valence-electron chi connectivity index (χ0n) is 17.7. The number of nitrogens with two attached hydrogens (primary N) is 1. The van der Waals surface area contributed by atoms with E-state index >= 15 is 0 Å². The number of nitrogen functional groups attached to an aromatic ring is 1. The maximum atomic E-state index is 11.7. The number of amides is 1. The lowest BCUT2D eigenvalue weighted by Crippen LogP contribution is -2.36. The van der Waals surface area contributed by atoms with Crippen molar-refractivity contribution in [3.63, 3.8) is 0 Å². The number of nitrogens with one attached hydrogen (secondary N) is 1. The van der Waals surface area contributed by atoms with Crippen molar-refractivity contribution in [3.05, 3.63) is 24.8 Å². The minimum absolute atomic E-state index is 0.259. The van der Waals surface area contributed by atoms with Gasteiger partial charge in [-0.2, -0.15) is 13.2 Å². The van der Waals surface area contributed by atoms with Crippen molar-refractivity contribution in [3.8, 4) is 5.75 Å². The van der Waals surface area contributed by atoms with Gasteiger partial charge in [0.05, 0.1) is 24.2 Å². The number of benzene rings is 1. The molecule has 1 aliphatic heterocycles. The van der Waals surface area contributed by atoms with Crippen LogP contribution in [0, 0.1) is 0 Å². The number of carbonyl (C=O) groups excluding carboxylic acids is 1. The highest BCUT2D eigenvalue weighted by Gasteiger charge is 2.38. The number of nitrogens with zero attached hydrogens (tertiary/aromatic N) is 2. The van der Waals surface area contributed by atoms with Crippen molar-refractivity contribution in [2.75, 3.05) is 56.3 Å². The molecule has 8 nitrogen and oxygen atoms in total. The van der Waals surface area contributed by atoms with Crippen molar-refractivity contribution in [2.45, 2.75) is 25.4 Å². The highest BCUT2D eigenvalue weighted by atomic mass is 19.4. The Labute approximate surface area is 179 Å². The summed E-state index contributed by atoms with van der Waals surface area (Å²) in [7, 11) is 3.60. The van der Waals surface area contributed by atoms with Crippen LogP contribution in [0.5, 0.6) is 5.75 Å². The Balaban J connectivity index is 0.000000592. The van der Waals surface area contributed by atoms with E-state index in [9.17, 15) is 18.0 Å². The lowest BCUT2D eigenvalue weighted by Gasteiger charge is -2.30. The van der Waals surface area contributed by atoms with Gasteiger partial charge in [0, 0.05) is 26.2 Å². The molecule has 0 radical (unpaired) electrons. The van der Waals surface area contributed by atoms with Gasteiger partial charge in [-0.05, 0) is 38.1 Å². The van der Waals surface area contributed by atoms with E-state index in [0.29, 0.717) is 17.1 Å². The number of likely N-dealkylation sites (tertiary alicyclic amines) is 1. The smallest absolute Gasteiger partial charge is 0.490 e. The summed E-state index contributed by atoms with van der Waals surface area (Å²) in [5, 5.41) is 9.95. The summed E-state index contributed by atoms with van der Waals surface area (Å²) < 4.78 is 37.1. The van der Waals surface area contributed by atoms with Crippen LogP contribution < -0.4 is 20.7 Å². The van der Waals surface area contributed by atoms with Crippen molar-refractivity contribution in [1.29, 1.82) is 0 Å². The standard InChI is InChI=1S/C18H28N4O2.C2HF3O2/c1-4-18(23)20-15-12-14(19)17(24-3)13-16(15)21(2)10-11-22-8-6-5-7-9-22;3-2(4,5)1(6)7/h4,12-13H,1,5-11,19H2,2-3H3,(H,20,23);(H,6,7). The molecule has 0 unspecified atom stereocenters. The topological polar surface area (TPSA) is 108 Å². The molecule has 0 spiro atoms. The monoisotopic (exact) mass is 446 g/mol. The molecule has 11 heteroatoms. The molecule has 1 fully saturated rings. The minimum atomic E-state index is -5.08. The third-order valence-corrected chi connectivity index (χ3v) is 4.65. The van der Waals surface area contributed by atoms with Crippen LogP contribution in [0.1, 0.15) is 19.3 Å². The van der Waals surface area contributed by atoms with Crippen molar-refractivity contribution in [2.24, 2.45) is 0 Å². The number of carboxylic acids is 1. The average Bonchev–Trinajstić information content (AvgIpc) is 2.72. The number of rotatable bonds is 7. The molecule has 1 aromatic carbocycles. The predicted octanol–water partition coefficient (Wildman–Crippen LogP) is 2.96. The van der Waals surface area contributed by atoms with Gasteiger partial charge in [0.15, 0.2) is 0 Å². The average molecular weight is 446 g/mol. The van der Waals surface area contributed by atoms with E-state index in [1.165, 1.54) is 38.4 Å². The Morgan fingerprint density at radius 2 is 1.90 bits per heavy atom. The molecule has 1 aliphatic rings. The molecule has 1 aromatic rings. The number of ether oxygens (including phenoxy) is 1. The summed E-state index contributed by atoms with van der Waals surface area (Å²) in [6, 6.07) is 3.59. The first kappa shape index (κ1) is 26.1. The number of halogens is 3. The van der Waals surface area contributed by atoms with E-state index < -0.39 is 12.1 Å². The number of hydrogen-bond donors (Lipinski definition) is 3. The fourth-order valence-corrected chi connectivity index (χ4v) is 2.96. The number of carboxylic acid groups (broad SMARTS) is 1. The lowest BCUT2D eigenvalue weighted by molar-refractivity contribution is -0.192. The first-order chi connectivity index (χ1) is 14.5. The van der Waals surface area contributed by atoms with Gasteiger partial charge in [-0.3, -0.25) is 4.79 Å². The summed E-state index contributed by atoms with van der Waals surface area (Å²) in [5.41, 5.74) is 8.02. The Bertz CT molecular complexity index is 766. The number of piperidine rings is 1. The van der Waals surface area contributed by atoms with Gasteiger partial charge in [0.1, 0.15) is 5.75 Å². The molecule has 0 aliphatic carbocycles. The van der Waals surface area contributed by atoms with Crippen LogP contribution in [0.15, 0.2) is 24.8 Å². The number of carbonyl (C=O) groups is 2. The van der Waals surface area contributed by atoms with Crippen LogP contribution in [0.3, 0.4) is 0 Å².